The summed E-state index contributed by atoms with van der Waals surface area (Å²) in [5.41, 5.74) is 0. The first kappa shape index (κ1) is 12.2. The maximum Gasteiger partial charge on any atom is 0.221 e. The van der Waals surface area contributed by atoms with Crippen molar-refractivity contribution < 1.29 is 4.79 Å². The minimum Gasteiger partial charge on any atom is -0.356 e. The van der Waals surface area contributed by atoms with E-state index in [0.717, 1.165) is 6.54 Å². The summed E-state index contributed by atoms with van der Waals surface area (Å²) in [7, 11) is 0. The van der Waals surface area contributed by atoms with Crippen LogP contribution in [0.5, 0.6) is 0 Å². The predicted octanol–water partition coefficient (Wildman–Crippen LogP) is 1.92. The molecule has 1 aromatic heterocycles. The molecule has 0 aliphatic carbocycles. The number of hydrogen-bond donors (Lipinski definition) is 2. The van der Waals surface area contributed by atoms with Crippen molar-refractivity contribution >= 4 is 17.2 Å². The minimum atomic E-state index is 0.114. The smallest absolute Gasteiger partial charge is 0.221 e. The van der Waals surface area contributed by atoms with Gasteiger partial charge in [0.2, 0.25) is 5.91 Å². The summed E-state index contributed by atoms with van der Waals surface area (Å²) in [6.45, 7) is 5.48. The maximum absolute atomic E-state index is 11.2. The Morgan fingerprint density at radius 2 is 2.40 bits per heavy atom. The van der Waals surface area contributed by atoms with Crippen molar-refractivity contribution in [2.45, 2.75) is 26.3 Å². The summed E-state index contributed by atoms with van der Waals surface area (Å²) in [5, 5.41) is 8.17. The Hall–Kier alpha value is -0.870. The normalized spacial score (nSPS) is 12.4. The van der Waals surface area contributed by atoms with Crippen LogP contribution in [0.15, 0.2) is 17.5 Å². The molecule has 84 valence electrons. The number of amides is 1. The standard InChI is InChI=1S/C11H18N2OS/c1-3-12-11(14)6-7-13-9(2)10-5-4-8-15-10/h4-5,8-9,13H,3,6-7H2,1-2H3,(H,12,14)/t9-/m0/s1. The molecular formula is C11H18N2OS. The van der Waals surface area contributed by atoms with E-state index in [1.807, 2.05) is 13.0 Å². The van der Waals surface area contributed by atoms with Crippen LogP contribution < -0.4 is 10.6 Å². The fraction of sp³-hybridized carbons (Fsp3) is 0.545. The highest BCUT2D eigenvalue weighted by atomic mass is 32.1. The third-order valence-corrected chi connectivity index (χ3v) is 3.20. The summed E-state index contributed by atoms with van der Waals surface area (Å²) in [6.07, 6.45) is 0.545. The quantitative estimate of drug-likeness (QED) is 0.778. The second-order valence-electron chi connectivity index (χ2n) is 3.39. The Morgan fingerprint density at radius 3 is 3.00 bits per heavy atom. The predicted molar refractivity (Wildman–Crippen MR) is 64.0 cm³/mol. The highest BCUT2D eigenvalue weighted by molar-refractivity contribution is 7.10. The highest BCUT2D eigenvalue weighted by Crippen LogP contribution is 2.17. The molecule has 1 rings (SSSR count). The molecule has 0 saturated carbocycles. The zero-order chi connectivity index (χ0) is 11.1. The van der Waals surface area contributed by atoms with E-state index in [0.29, 0.717) is 19.0 Å². The molecule has 0 unspecified atom stereocenters. The van der Waals surface area contributed by atoms with E-state index < -0.39 is 0 Å². The number of nitrogens with one attached hydrogen (secondary N) is 2. The molecule has 0 saturated heterocycles. The lowest BCUT2D eigenvalue weighted by Crippen LogP contribution is -2.28. The van der Waals surface area contributed by atoms with Crippen LogP contribution >= 0.6 is 11.3 Å². The molecule has 15 heavy (non-hydrogen) atoms. The van der Waals surface area contributed by atoms with Crippen LogP contribution in [0.3, 0.4) is 0 Å². The molecular weight excluding hydrogens is 208 g/mol. The molecule has 1 aromatic rings. The molecule has 0 aromatic carbocycles. The lowest BCUT2D eigenvalue weighted by atomic mass is 10.2. The van der Waals surface area contributed by atoms with E-state index in [1.54, 1.807) is 11.3 Å². The van der Waals surface area contributed by atoms with E-state index in [4.69, 9.17) is 0 Å². The second kappa shape index (κ2) is 6.58. The van der Waals surface area contributed by atoms with Gasteiger partial charge < -0.3 is 10.6 Å². The van der Waals surface area contributed by atoms with Crippen molar-refractivity contribution in [1.29, 1.82) is 0 Å². The molecule has 0 bridgehead atoms. The van der Waals surface area contributed by atoms with E-state index in [-0.39, 0.29) is 5.91 Å². The first-order valence-corrected chi connectivity index (χ1v) is 6.15. The van der Waals surface area contributed by atoms with Crippen molar-refractivity contribution in [2.24, 2.45) is 0 Å². The second-order valence-corrected chi connectivity index (χ2v) is 4.37. The number of rotatable bonds is 6. The average molecular weight is 226 g/mol. The van der Waals surface area contributed by atoms with Gasteiger partial charge in [-0.05, 0) is 25.3 Å². The zero-order valence-electron chi connectivity index (χ0n) is 9.25. The summed E-state index contributed by atoms with van der Waals surface area (Å²) >= 11 is 1.74. The van der Waals surface area contributed by atoms with Gasteiger partial charge in [0.05, 0.1) is 0 Å². The Balaban J connectivity index is 2.18. The molecule has 0 aliphatic heterocycles. The molecule has 1 heterocycles. The summed E-state index contributed by atoms with van der Waals surface area (Å²) in [4.78, 5) is 12.5. The van der Waals surface area contributed by atoms with Crippen LogP contribution in [0, 0.1) is 0 Å². The molecule has 0 radical (unpaired) electrons. The Morgan fingerprint density at radius 1 is 1.60 bits per heavy atom. The molecule has 0 fully saturated rings. The van der Waals surface area contributed by atoms with E-state index in [2.05, 4.69) is 29.0 Å². The van der Waals surface area contributed by atoms with E-state index in [9.17, 15) is 4.79 Å². The monoisotopic (exact) mass is 226 g/mol. The molecule has 3 nitrogen and oxygen atoms in total. The van der Waals surface area contributed by atoms with Crippen molar-refractivity contribution in [3.8, 4) is 0 Å². The molecule has 1 atom stereocenters. The SMILES string of the molecule is CCNC(=O)CCN[C@@H](C)c1cccs1. The summed E-state index contributed by atoms with van der Waals surface area (Å²) < 4.78 is 0. The summed E-state index contributed by atoms with van der Waals surface area (Å²) in [5.74, 6) is 0.114. The molecule has 0 aliphatic rings. The van der Waals surface area contributed by atoms with Gasteiger partial charge in [-0.15, -0.1) is 11.3 Å². The maximum atomic E-state index is 11.2. The van der Waals surface area contributed by atoms with Crippen molar-refractivity contribution in [3.05, 3.63) is 22.4 Å². The van der Waals surface area contributed by atoms with Crippen molar-refractivity contribution in [2.75, 3.05) is 13.1 Å². The number of carbonyl (C=O) groups is 1. The first-order valence-electron chi connectivity index (χ1n) is 5.27. The molecule has 0 spiro atoms. The van der Waals surface area contributed by atoms with E-state index in [1.165, 1.54) is 4.88 Å². The van der Waals surface area contributed by atoms with Gasteiger partial charge >= 0.3 is 0 Å². The van der Waals surface area contributed by atoms with Crippen LogP contribution in [0.25, 0.3) is 0 Å². The van der Waals surface area contributed by atoms with Gasteiger partial charge in [-0.2, -0.15) is 0 Å². The molecule has 1 amide bonds. The third kappa shape index (κ3) is 4.44. The number of carbonyl (C=O) groups excluding carboxylic acids is 1. The van der Waals surface area contributed by atoms with E-state index >= 15 is 0 Å². The minimum absolute atomic E-state index is 0.114. The molecule has 4 heteroatoms. The number of thiophene rings is 1. The lowest BCUT2D eigenvalue weighted by molar-refractivity contribution is -0.120. The van der Waals surface area contributed by atoms with Gasteiger partial charge in [-0.3, -0.25) is 4.79 Å². The van der Waals surface area contributed by atoms with Crippen LogP contribution in [-0.2, 0) is 4.79 Å². The zero-order valence-corrected chi connectivity index (χ0v) is 10.1. The highest BCUT2D eigenvalue weighted by Gasteiger charge is 2.06. The van der Waals surface area contributed by atoms with Crippen LogP contribution in [-0.4, -0.2) is 19.0 Å². The van der Waals surface area contributed by atoms with Crippen molar-refractivity contribution in [3.63, 3.8) is 0 Å². The fourth-order valence-corrected chi connectivity index (χ4v) is 2.08. The topological polar surface area (TPSA) is 41.1 Å². The van der Waals surface area contributed by atoms with Gasteiger partial charge in [-0.1, -0.05) is 6.07 Å². The van der Waals surface area contributed by atoms with Gasteiger partial charge in [0.15, 0.2) is 0 Å². The first-order chi connectivity index (χ1) is 7.24. The van der Waals surface area contributed by atoms with Gasteiger partial charge in [0, 0.05) is 30.4 Å². The van der Waals surface area contributed by atoms with Gasteiger partial charge in [0.25, 0.3) is 0 Å². The van der Waals surface area contributed by atoms with Crippen LogP contribution in [0.2, 0.25) is 0 Å². The Bertz CT molecular complexity index is 285. The summed E-state index contributed by atoms with van der Waals surface area (Å²) in [6, 6.07) is 4.48. The average Bonchev–Trinajstić information content (AvgIpc) is 2.70. The largest absolute Gasteiger partial charge is 0.356 e. The van der Waals surface area contributed by atoms with Crippen molar-refractivity contribution in [1.82, 2.24) is 10.6 Å². The lowest BCUT2D eigenvalue weighted by Gasteiger charge is -2.11. The fourth-order valence-electron chi connectivity index (χ4n) is 1.33. The van der Waals surface area contributed by atoms with Gasteiger partial charge in [0.1, 0.15) is 0 Å². The van der Waals surface area contributed by atoms with Crippen LogP contribution in [0.4, 0.5) is 0 Å². The number of hydrogen-bond acceptors (Lipinski definition) is 3. The molecule has 2 N–H and O–H groups in total. The Kier molecular flexibility index (Phi) is 5.36. The Labute approximate surface area is 94.9 Å². The van der Waals surface area contributed by atoms with Crippen LogP contribution in [0.1, 0.15) is 31.2 Å². The van der Waals surface area contributed by atoms with Gasteiger partial charge in [-0.25, -0.2) is 0 Å². The third-order valence-electron chi connectivity index (χ3n) is 2.15.